The zero-order valence-corrected chi connectivity index (χ0v) is 10.3. The summed E-state index contributed by atoms with van der Waals surface area (Å²) in [5, 5.41) is 11.9. The van der Waals surface area contributed by atoms with E-state index in [2.05, 4.69) is 15.0 Å². The Labute approximate surface area is 108 Å². The second kappa shape index (κ2) is 5.29. The number of nitrogens with zero attached hydrogens (tertiary/aromatic N) is 2. The first-order chi connectivity index (χ1) is 8.74. The zero-order valence-electron chi connectivity index (χ0n) is 9.51. The summed E-state index contributed by atoms with van der Waals surface area (Å²) in [4.78, 5) is 15.9. The number of esters is 1. The number of thiazole rings is 1. The van der Waals surface area contributed by atoms with Crippen molar-refractivity contribution in [2.75, 3.05) is 12.4 Å². The third-order valence-electron chi connectivity index (χ3n) is 2.22. The minimum atomic E-state index is -0.405. The lowest BCUT2D eigenvalue weighted by molar-refractivity contribution is 0.0601. The van der Waals surface area contributed by atoms with Crippen LogP contribution in [0.3, 0.4) is 0 Å². The van der Waals surface area contributed by atoms with Crippen LogP contribution < -0.4 is 5.32 Å². The maximum absolute atomic E-state index is 11.4. The van der Waals surface area contributed by atoms with E-state index in [1.807, 2.05) is 6.07 Å². The van der Waals surface area contributed by atoms with Crippen molar-refractivity contribution in [3.63, 3.8) is 0 Å². The Hall–Kier alpha value is -2.39. The average molecular weight is 259 g/mol. The molecule has 0 aliphatic carbocycles. The van der Waals surface area contributed by atoms with Gasteiger partial charge in [0.05, 0.1) is 18.2 Å². The van der Waals surface area contributed by atoms with Gasteiger partial charge in [0.15, 0.2) is 5.82 Å². The van der Waals surface area contributed by atoms with Gasteiger partial charge in [0.1, 0.15) is 10.9 Å². The van der Waals surface area contributed by atoms with E-state index >= 15 is 0 Å². The van der Waals surface area contributed by atoms with Gasteiger partial charge in [-0.05, 0) is 18.2 Å². The Morgan fingerprint density at radius 1 is 1.56 bits per heavy atom. The molecule has 2 rings (SSSR count). The third-order valence-corrected chi connectivity index (χ3v) is 2.95. The van der Waals surface area contributed by atoms with Crippen LogP contribution in [-0.2, 0) is 4.74 Å². The van der Waals surface area contributed by atoms with Crippen molar-refractivity contribution in [3.05, 3.63) is 40.2 Å². The standard InChI is InChI=1S/C12H9N3O2S/c1-17-12(16)8-3-2-4-9(5-8)15-11-10(6-13)18-7-14-11/h2-5,7,15H,1H3. The Kier molecular flexibility index (Phi) is 3.55. The fraction of sp³-hybridized carbons (Fsp3) is 0.0833. The highest BCUT2D eigenvalue weighted by Crippen LogP contribution is 2.22. The molecule has 0 radical (unpaired) electrons. The lowest BCUT2D eigenvalue weighted by atomic mass is 10.2. The van der Waals surface area contributed by atoms with Crippen molar-refractivity contribution in [1.82, 2.24) is 4.98 Å². The summed E-state index contributed by atoms with van der Waals surface area (Å²) in [7, 11) is 1.33. The van der Waals surface area contributed by atoms with Crippen LogP contribution in [0.1, 0.15) is 15.2 Å². The van der Waals surface area contributed by atoms with E-state index in [-0.39, 0.29) is 0 Å². The molecule has 2 aromatic rings. The first-order valence-corrected chi connectivity index (χ1v) is 5.91. The van der Waals surface area contributed by atoms with E-state index in [1.54, 1.807) is 29.8 Å². The molecule has 0 aliphatic heterocycles. The summed E-state index contributed by atoms with van der Waals surface area (Å²) in [5.74, 6) is 0.0851. The molecular formula is C12H9N3O2S. The predicted octanol–water partition coefficient (Wildman–Crippen LogP) is 2.54. The zero-order chi connectivity index (χ0) is 13.0. The average Bonchev–Trinajstić information content (AvgIpc) is 2.85. The largest absolute Gasteiger partial charge is 0.465 e. The highest BCUT2D eigenvalue weighted by molar-refractivity contribution is 7.10. The van der Waals surface area contributed by atoms with E-state index in [0.717, 1.165) is 0 Å². The molecule has 0 amide bonds. The minimum absolute atomic E-state index is 0.405. The summed E-state index contributed by atoms with van der Waals surface area (Å²) in [6.45, 7) is 0. The van der Waals surface area contributed by atoms with Crippen molar-refractivity contribution in [2.45, 2.75) is 0 Å². The number of benzene rings is 1. The van der Waals surface area contributed by atoms with Crippen molar-refractivity contribution in [1.29, 1.82) is 5.26 Å². The SMILES string of the molecule is COC(=O)c1cccc(Nc2ncsc2C#N)c1. The molecule has 1 N–H and O–H groups in total. The number of aromatic nitrogens is 1. The number of rotatable bonds is 3. The number of carbonyl (C=O) groups excluding carboxylic acids is 1. The maximum Gasteiger partial charge on any atom is 0.337 e. The quantitative estimate of drug-likeness (QED) is 0.857. The van der Waals surface area contributed by atoms with Gasteiger partial charge in [0, 0.05) is 5.69 Å². The molecule has 5 nitrogen and oxygen atoms in total. The molecule has 18 heavy (non-hydrogen) atoms. The number of carbonyl (C=O) groups is 1. The van der Waals surface area contributed by atoms with E-state index in [0.29, 0.717) is 21.9 Å². The molecule has 0 saturated heterocycles. The number of hydrogen-bond acceptors (Lipinski definition) is 6. The molecule has 0 aliphatic rings. The number of hydrogen-bond donors (Lipinski definition) is 1. The van der Waals surface area contributed by atoms with Crippen LogP contribution in [0.15, 0.2) is 29.8 Å². The van der Waals surface area contributed by atoms with E-state index in [9.17, 15) is 4.79 Å². The molecule has 1 heterocycles. The summed E-state index contributed by atoms with van der Waals surface area (Å²) in [6, 6.07) is 8.86. The second-order valence-electron chi connectivity index (χ2n) is 3.34. The van der Waals surface area contributed by atoms with Crippen LogP contribution in [0.25, 0.3) is 0 Å². The molecular weight excluding hydrogens is 250 g/mol. The Morgan fingerprint density at radius 3 is 3.11 bits per heavy atom. The maximum atomic E-state index is 11.4. The van der Waals surface area contributed by atoms with Gasteiger partial charge in [-0.2, -0.15) is 5.26 Å². The Balaban J connectivity index is 2.25. The van der Waals surface area contributed by atoms with Gasteiger partial charge in [0.2, 0.25) is 0 Å². The van der Waals surface area contributed by atoms with Crippen LogP contribution in [0.5, 0.6) is 0 Å². The van der Waals surface area contributed by atoms with Gasteiger partial charge in [-0.3, -0.25) is 0 Å². The van der Waals surface area contributed by atoms with E-state index in [4.69, 9.17) is 5.26 Å². The summed E-state index contributed by atoms with van der Waals surface area (Å²) in [5.41, 5.74) is 2.71. The highest BCUT2D eigenvalue weighted by Gasteiger charge is 2.08. The fourth-order valence-electron chi connectivity index (χ4n) is 1.39. The monoisotopic (exact) mass is 259 g/mol. The van der Waals surface area contributed by atoms with E-state index in [1.165, 1.54) is 18.4 Å². The lowest BCUT2D eigenvalue weighted by Crippen LogP contribution is -2.02. The normalized spacial score (nSPS) is 9.56. The summed E-state index contributed by atoms with van der Waals surface area (Å²) < 4.78 is 4.64. The third kappa shape index (κ3) is 2.47. The second-order valence-corrected chi connectivity index (χ2v) is 4.19. The molecule has 1 aromatic heterocycles. The number of methoxy groups -OCH3 is 1. The predicted molar refractivity (Wildman–Crippen MR) is 67.9 cm³/mol. The van der Waals surface area contributed by atoms with Crippen molar-refractivity contribution < 1.29 is 9.53 Å². The van der Waals surface area contributed by atoms with Gasteiger partial charge >= 0.3 is 5.97 Å². The van der Waals surface area contributed by atoms with Gasteiger partial charge in [0.25, 0.3) is 0 Å². The Morgan fingerprint density at radius 2 is 2.39 bits per heavy atom. The van der Waals surface area contributed by atoms with Crippen LogP contribution in [0.2, 0.25) is 0 Å². The number of ether oxygens (including phenoxy) is 1. The molecule has 0 unspecified atom stereocenters. The molecule has 90 valence electrons. The fourth-order valence-corrected chi connectivity index (χ4v) is 1.92. The van der Waals surface area contributed by atoms with E-state index < -0.39 is 5.97 Å². The number of anilines is 2. The van der Waals surface area contributed by atoms with Gasteiger partial charge in [-0.15, -0.1) is 11.3 Å². The van der Waals surface area contributed by atoms with Crippen molar-refractivity contribution in [3.8, 4) is 6.07 Å². The molecule has 0 spiro atoms. The highest BCUT2D eigenvalue weighted by atomic mass is 32.1. The molecule has 0 atom stereocenters. The molecule has 0 fully saturated rings. The molecule has 1 aromatic carbocycles. The van der Waals surface area contributed by atoms with Crippen LogP contribution >= 0.6 is 11.3 Å². The van der Waals surface area contributed by atoms with Crippen molar-refractivity contribution >= 4 is 28.8 Å². The first-order valence-electron chi connectivity index (χ1n) is 5.03. The topological polar surface area (TPSA) is 75.0 Å². The Bertz CT molecular complexity index is 616. The van der Waals surface area contributed by atoms with Gasteiger partial charge in [-0.25, -0.2) is 9.78 Å². The molecule has 0 bridgehead atoms. The van der Waals surface area contributed by atoms with Crippen LogP contribution in [0, 0.1) is 11.3 Å². The van der Waals surface area contributed by atoms with Crippen molar-refractivity contribution in [2.24, 2.45) is 0 Å². The molecule has 6 heteroatoms. The number of nitrogens with one attached hydrogen (secondary N) is 1. The summed E-state index contributed by atoms with van der Waals surface area (Å²) in [6.07, 6.45) is 0. The first kappa shape index (κ1) is 12.1. The summed E-state index contributed by atoms with van der Waals surface area (Å²) >= 11 is 1.26. The van der Waals surface area contributed by atoms with Crippen LogP contribution in [-0.4, -0.2) is 18.1 Å². The number of nitriles is 1. The molecule has 0 saturated carbocycles. The lowest BCUT2D eigenvalue weighted by Gasteiger charge is -2.05. The van der Waals surface area contributed by atoms with Gasteiger partial charge < -0.3 is 10.1 Å². The van der Waals surface area contributed by atoms with Crippen LogP contribution in [0.4, 0.5) is 11.5 Å². The minimum Gasteiger partial charge on any atom is -0.465 e. The smallest absolute Gasteiger partial charge is 0.337 e. The van der Waals surface area contributed by atoms with Gasteiger partial charge in [-0.1, -0.05) is 6.07 Å².